The molecule has 1 aromatic carbocycles. The molecule has 6 heteroatoms. The van der Waals surface area contributed by atoms with Gasteiger partial charge in [-0.1, -0.05) is 6.92 Å². The number of sulfonamides is 1. The van der Waals surface area contributed by atoms with Crippen molar-refractivity contribution >= 4 is 21.8 Å². The fourth-order valence-electron chi connectivity index (χ4n) is 1.50. The van der Waals surface area contributed by atoms with Crippen molar-refractivity contribution in [3.05, 3.63) is 29.8 Å². The molecular weight excluding hydrogens is 280 g/mol. The molecule has 0 aromatic heterocycles. The zero-order valence-electron chi connectivity index (χ0n) is 11.1. The second-order valence-corrected chi connectivity index (χ2v) is 7.25. The van der Waals surface area contributed by atoms with E-state index in [9.17, 15) is 8.42 Å². The molecule has 0 spiro atoms. The molecule has 1 unspecified atom stereocenters. The molecule has 0 aliphatic heterocycles. The summed E-state index contributed by atoms with van der Waals surface area (Å²) >= 11 is 1.79. The summed E-state index contributed by atoms with van der Waals surface area (Å²) in [5, 5.41) is 8.68. The predicted molar refractivity (Wildman–Crippen MR) is 78.6 cm³/mol. The van der Waals surface area contributed by atoms with Crippen LogP contribution in [0.5, 0.6) is 0 Å². The van der Waals surface area contributed by atoms with Gasteiger partial charge in [-0.25, -0.2) is 13.1 Å². The minimum absolute atomic E-state index is 0.0975. The van der Waals surface area contributed by atoms with E-state index in [-0.39, 0.29) is 10.9 Å². The predicted octanol–water partition coefficient (Wildman–Crippen LogP) is 2.37. The average molecular weight is 298 g/mol. The van der Waals surface area contributed by atoms with E-state index in [1.165, 1.54) is 24.3 Å². The summed E-state index contributed by atoms with van der Waals surface area (Å²) in [6.45, 7) is 3.94. The smallest absolute Gasteiger partial charge is 0.208 e. The van der Waals surface area contributed by atoms with Gasteiger partial charge in [-0.05, 0) is 49.1 Å². The quantitative estimate of drug-likeness (QED) is 0.785. The Labute approximate surface area is 119 Å². The third-order valence-electron chi connectivity index (χ3n) is 2.55. The van der Waals surface area contributed by atoms with Crippen molar-refractivity contribution < 1.29 is 8.42 Å². The SMILES string of the molecule is CCSCCC(C)NS(=O)(=O)c1ccc(C#N)cc1. The molecule has 0 heterocycles. The monoisotopic (exact) mass is 298 g/mol. The molecule has 0 aliphatic rings. The van der Waals surface area contributed by atoms with Crippen LogP contribution >= 0.6 is 11.8 Å². The Bertz CT molecular complexity index is 533. The van der Waals surface area contributed by atoms with Gasteiger partial charge in [-0.3, -0.25) is 0 Å². The van der Waals surface area contributed by atoms with Crippen LogP contribution < -0.4 is 4.72 Å². The van der Waals surface area contributed by atoms with Crippen molar-refractivity contribution in [1.29, 1.82) is 5.26 Å². The van der Waals surface area contributed by atoms with Crippen LogP contribution in [-0.2, 0) is 10.0 Å². The number of benzene rings is 1. The molecule has 0 saturated heterocycles. The first-order chi connectivity index (χ1) is 8.99. The van der Waals surface area contributed by atoms with Gasteiger partial charge in [0.15, 0.2) is 0 Å². The average Bonchev–Trinajstić information content (AvgIpc) is 2.38. The Hall–Kier alpha value is -1.03. The molecule has 0 amide bonds. The topological polar surface area (TPSA) is 70.0 Å². The zero-order chi connectivity index (χ0) is 14.3. The highest BCUT2D eigenvalue weighted by Gasteiger charge is 2.16. The molecule has 1 rings (SSSR count). The molecule has 19 heavy (non-hydrogen) atoms. The highest BCUT2D eigenvalue weighted by atomic mass is 32.2. The first-order valence-corrected chi connectivity index (χ1v) is 8.73. The molecular formula is C13H18N2O2S2. The highest BCUT2D eigenvalue weighted by molar-refractivity contribution is 7.99. The lowest BCUT2D eigenvalue weighted by atomic mass is 10.2. The van der Waals surface area contributed by atoms with Crippen molar-refractivity contribution in [3.8, 4) is 6.07 Å². The number of hydrogen-bond donors (Lipinski definition) is 1. The second kappa shape index (κ2) is 7.53. The Kier molecular flexibility index (Phi) is 6.35. The van der Waals surface area contributed by atoms with Crippen LogP contribution in [0.4, 0.5) is 0 Å². The largest absolute Gasteiger partial charge is 0.240 e. The number of nitriles is 1. The molecule has 0 fully saturated rings. The van der Waals surface area contributed by atoms with E-state index >= 15 is 0 Å². The zero-order valence-corrected chi connectivity index (χ0v) is 12.7. The van der Waals surface area contributed by atoms with Crippen LogP contribution in [0, 0.1) is 11.3 Å². The molecule has 0 radical (unpaired) electrons. The molecule has 1 aromatic rings. The summed E-state index contributed by atoms with van der Waals surface area (Å²) in [7, 11) is -3.49. The van der Waals surface area contributed by atoms with Crippen LogP contribution in [0.1, 0.15) is 25.8 Å². The summed E-state index contributed by atoms with van der Waals surface area (Å²) in [6, 6.07) is 7.78. The van der Waals surface area contributed by atoms with Crippen LogP contribution in [0.2, 0.25) is 0 Å². The Morgan fingerprint density at radius 2 is 2.00 bits per heavy atom. The molecule has 0 saturated carbocycles. The van der Waals surface area contributed by atoms with Crippen molar-refractivity contribution in [3.63, 3.8) is 0 Å². The van der Waals surface area contributed by atoms with Gasteiger partial charge < -0.3 is 0 Å². The van der Waals surface area contributed by atoms with Gasteiger partial charge in [0.2, 0.25) is 10.0 Å². The van der Waals surface area contributed by atoms with E-state index in [1.807, 2.05) is 13.0 Å². The van der Waals surface area contributed by atoms with E-state index < -0.39 is 10.0 Å². The van der Waals surface area contributed by atoms with Crippen molar-refractivity contribution in [2.24, 2.45) is 0 Å². The summed E-state index contributed by atoms with van der Waals surface area (Å²) in [4.78, 5) is 0.196. The fourth-order valence-corrected chi connectivity index (χ4v) is 3.59. The molecule has 104 valence electrons. The van der Waals surface area contributed by atoms with Crippen molar-refractivity contribution in [2.75, 3.05) is 11.5 Å². The van der Waals surface area contributed by atoms with Crippen LogP contribution in [0.25, 0.3) is 0 Å². The molecule has 1 atom stereocenters. The van der Waals surface area contributed by atoms with Crippen LogP contribution in [-0.4, -0.2) is 26.0 Å². The Morgan fingerprint density at radius 3 is 2.53 bits per heavy atom. The standard InChI is InChI=1S/C13H18N2O2S2/c1-3-18-9-8-11(2)15-19(16,17)13-6-4-12(10-14)5-7-13/h4-7,11,15H,3,8-9H2,1-2H3. The Balaban J connectivity index is 2.67. The Morgan fingerprint density at radius 1 is 1.37 bits per heavy atom. The van der Waals surface area contributed by atoms with Crippen LogP contribution in [0.3, 0.4) is 0 Å². The number of rotatable bonds is 7. The van der Waals surface area contributed by atoms with Crippen molar-refractivity contribution in [1.82, 2.24) is 4.72 Å². The molecule has 0 bridgehead atoms. The van der Waals surface area contributed by atoms with E-state index in [4.69, 9.17) is 5.26 Å². The minimum atomic E-state index is -3.49. The van der Waals surface area contributed by atoms with Gasteiger partial charge in [-0.15, -0.1) is 0 Å². The molecule has 0 aliphatic carbocycles. The first kappa shape index (κ1) is 16.0. The van der Waals surface area contributed by atoms with Gasteiger partial charge >= 0.3 is 0 Å². The maximum absolute atomic E-state index is 12.1. The molecule has 1 N–H and O–H groups in total. The summed E-state index contributed by atoms with van der Waals surface area (Å²) < 4.78 is 26.8. The maximum Gasteiger partial charge on any atom is 0.240 e. The minimum Gasteiger partial charge on any atom is -0.208 e. The third kappa shape index (κ3) is 5.23. The second-order valence-electron chi connectivity index (χ2n) is 4.14. The van der Waals surface area contributed by atoms with Crippen LogP contribution in [0.15, 0.2) is 29.2 Å². The first-order valence-electron chi connectivity index (χ1n) is 6.10. The maximum atomic E-state index is 12.1. The van der Waals surface area contributed by atoms with Crippen molar-refractivity contribution in [2.45, 2.75) is 31.2 Å². The number of hydrogen-bond acceptors (Lipinski definition) is 4. The number of nitrogens with one attached hydrogen (secondary N) is 1. The van der Waals surface area contributed by atoms with E-state index in [0.717, 1.165) is 17.9 Å². The van der Waals surface area contributed by atoms with Gasteiger partial charge in [0, 0.05) is 6.04 Å². The summed E-state index contributed by atoms with van der Waals surface area (Å²) in [5.74, 6) is 1.97. The lowest BCUT2D eigenvalue weighted by Crippen LogP contribution is -2.33. The molecule has 4 nitrogen and oxygen atoms in total. The van der Waals surface area contributed by atoms with E-state index in [1.54, 1.807) is 11.8 Å². The summed E-state index contributed by atoms with van der Waals surface area (Å²) in [6.07, 6.45) is 0.800. The van der Waals surface area contributed by atoms with E-state index in [2.05, 4.69) is 11.6 Å². The highest BCUT2D eigenvalue weighted by Crippen LogP contribution is 2.12. The number of nitrogens with zero attached hydrogens (tertiary/aromatic N) is 1. The lowest BCUT2D eigenvalue weighted by Gasteiger charge is -2.13. The summed E-state index contributed by atoms with van der Waals surface area (Å²) in [5.41, 5.74) is 0.450. The normalized spacial score (nSPS) is 12.9. The van der Waals surface area contributed by atoms with E-state index in [0.29, 0.717) is 5.56 Å². The third-order valence-corrected chi connectivity index (χ3v) is 5.09. The van der Waals surface area contributed by atoms with Gasteiger partial charge in [-0.2, -0.15) is 17.0 Å². The fraction of sp³-hybridized carbons (Fsp3) is 0.462. The van der Waals surface area contributed by atoms with Gasteiger partial charge in [0.25, 0.3) is 0 Å². The number of thioether (sulfide) groups is 1. The lowest BCUT2D eigenvalue weighted by molar-refractivity contribution is 0.557. The van der Waals surface area contributed by atoms with Gasteiger partial charge in [0.05, 0.1) is 16.5 Å². The van der Waals surface area contributed by atoms with Gasteiger partial charge in [0.1, 0.15) is 0 Å².